The SMILES string of the molecule is O=C1[B]OCCC1. The van der Waals surface area contributed by atoms with E-state index in [9.17, 15) is 4.79 Å². The van der Waals surface area contributed by atoms with Gasteiger partial charge in [-0.05, 0) is 6.42 Å². The summed E-state index contributed by atoms with van der Waals surface area (Å²) in [6, 6.07) is 0. The van der Waals surface area contributed by atoms with Gasteiger partial charge in [0.15, 0.2) is 0 Å². The molecule has 1 heterocycles. The first kappa shape index (κ1) is 4.84. The van der Waals surface area contributed by atoms with Crippen molar-refractivity contribution in [3.8, 4) is 0 Å². The zero-order valence-corrected chi connectivity index (χ0v) is 4.02. The smallest absolute Gasteiger partial charge is 0.376 e. The van der Waals surface area contributed by atoms with Crippen molar-refractivity contribution in [1.82, 2.24) is 0 Å². The van der Waals surface area contributed by atoms with Crippen molar-refractivity contribution in [2.45, 2.75) is 12.8 Å². The van der Waals surface area contributed by atoms with Crippen LogP contribution in [0, 0.1) is 0 Å². The van der Waals surface area contributed by atoms with Gasteiger partial charge in [-0.25, -0.2) is 0 Å². The quantitative estimate of drug-likeness (QED) is 0.396. The minimum absolute atomic E-state index is 0.117. The predicted molar refractivity (Wildman–Crippen MR) is 25.9 cm³/mol. The zero-order chi connectivity index (χ0) is 5.11. The van der Waals surface area contributed by atoms with Gasteiger partial charge >= 0.3 is 7.48 Å². The first-order valence-corrected chi connectivity index (χ1v) is 2.37. The lowest BCUT2D eigenvalue weighted by molar-refractivity contribution is -0.114. The average Bonchev–Trinajstić information content (AvgIpc) is 1.69. The summed E-state index contributed by atoms with van der Waals surface area (Å²) in [5.41, 5.74) is 0.117. The molecule has 2 nitrogen and oxygen atoms in total. The molecule has 37 valence electrons. The van der Waals surface area contributed by atoms with E-state index < -0.39 is 0 Å². The molecule has 0 atom stereocenters. The van der Waals surface area contributed by atoms with Crippen LogP contribution < -0.4 is 0 Å². The van der Waals surface area contributed by atoms with Crippen LogP contribution in [0.1, 0.15) is 12.8 Å². The standard InChI is InChI=1S/C4H6BO2/c6-4-2-1-3-7-5-4/h1-3H2. The first-order chi connectivity index (χ1) is 3.39. The Labute approximate surface area is 43.1 Å². The van der Waals surface area contributed by atoms with E-state index in [0.29, 0.717) is 13.0 Å². The first-order valence-electron chi connectivity index (χ1n) is 2.37. The van der Waals surface area contributed by atoms with Crippen LogP contribution in [0.25, 0.3) is 0 Å². The fourth-order valence-corrected chi connectivity index (χ4v) is 0.541. The van der Waals surface area contributed by atoms with Crippen LogP contribution in [0.2, 0.25) is 0 Å². The van der Waals surface area contributed by atoms with Gasteiger partial charge < -0.3 is 9.45 Å². The molecule has 0 aliphatic carbocycles. The molecule has 0 bridgehead atoms. The predicted octanol–water partition coefficient (Wildman–Crippen LogP) is -0.0574. The van der Waals surface area contributed by atoms with Crippen LogP contribution in [0.4, 0.5) is 0 Å². The Morgan fingerprint density at radius 3 is 2.86 bits per heavy atom. The summed E-state index contributed by atoms with van der Waals surface area (Å²) in [6.45, 7) is 0.714. The van der Waals surface area contributed by atoms with Gasteiger partial charge in [0, 0.05) is 13.0 Å². The largest absolute Gasteiger partial charge is 0.432 e. The number of carbonyl (C=O) groups excluding carboxylic acids is 1. The maximum absolute atomic E-state index is 10.3. The minimum Gasteiger partial charge on any atom is -0.432 e. The van der Waals surface area contributed by atoms with E-state index in [1.54, 1.807) is 0 Å². The fraction of sp³-hybridized carbons (Fsp3) is 0.750. The van der Waals surface area contributed by atoms with Crippen molar-refractivity contribution in [1.29, 1.82) is 0 Å². The molecule has 1 rings (SSSR count). The summed E-state index contributed by atoms with van der Waals surface area (Å²) in [4.78, 5) is 10.3. The molecule has 7 heavy (non-hydrogen) atoms. The molecule has 1 radical (unpaired) electrons. The van der Waals surface area contributed by atoms with Crippen molar-refractivity contribution in [3.05, 3.63) is 0 Å². The van der Waals surface area contributed by atoms with E-state index in [4.69, 9.17) is 4.65 Å². The van der Waals surface area contributed by atoms with Crippen LogP contribution in [0.3, 0.4) is 0 Å². The fourth-order valence-electron chi connectivity index (χ4n) is 0.541. The lowest BCUT2D eigenvalue weighted by atomic mass is 9.87. The molecular formula is C4H6BO2. The number of rotatable bonds is 0. The Morgan fingerprint density at radius 1 is 1.71 bits per heavy atom. The average molecular weight is 96.9 g/mol. The Bertz CT molecular complexity index is 73.8. The van der Waals surface area contributed by atoms with E-state index in [0.717, 1.165) is 6.42 Å². The van der Waals surface area contributed by atoms with Crippen LogP contribution in [-0.4, -0.2) is 19.8 Å². The van der Waals surface area contributed by atoms with Gasteiger partial charge in [-0.15, -0.1) is 0 Å². The molecule has 1 aliphatic heterocycles. The van der Waals surface area contributed by atoms with Crippen molar-refractivity contribution in [3.63, 3.8) is 0 Å². The van der Waals surface area contributed by atoms with Gasteiger partial charge in [0.1, 0.15) is 5.68 Å². The van der Waals surface area contributed by atoms with Crippen molar-refractivity contribution < 1.29 is 9.45 Å². The summed E-state index contributed by atoms with van der Waals surface area (Å²) < 4.78 is 4.71. The Kier molecular flexibility index (Phi) is 1.47. The molecule has 1 fully saturated rings. The molecule has 1 saturated heterocycles. The third kappa shape index (κ3) is 1.31. The molecule has 3 heteroatoms. The summed E-state index contributed by atoms with van der Waals surface area (Å²) in [5.74, 6) is 0. The summed E-state index contributed by atoms with van der Waals surface area (Å²) in [5, 5.41) is 0. The second-order valence-corrected chi connectivity index (χ2v) is 1.56. The third-order valence-electron chi connectivity index (χ3n) is 0.900. The van der Waals surface area contributed by atoms with Crippen LogP contribution in [0.15, 0.2) is 0 Å². The number of carbonyl (C=O) groups is 1. The minimum atomic E-state index is 0.117. The lowest BCUT2D eigenvalue weighted by Gasteiger charge is -2.05. The second kappa shape index (κ2) is 2.12. The van der Waals surface area contributed by atoms with Crippen LogP contribution in [0.5, 0.6) is 0 Å². The Balaban J connectivity index is 2.25. The molecule has 0 amide bonds. The highest BCUT2D eigenvalue weighted by molar-refractivity contribution is 6.69. The molecule has 0 aromatic carbocycles. The zero-order valence-electron chi connectivity index (χ0n) is 4.02. The van der Waals surface area contributed by atoms with Crippen molar-refractivity contribution in [2.24, 2.45) is 0 Å². The molecule has 0 aromatic heterocycles. The molecule has 1 aliphatic rings. The lowest BCUT2D eigenvalue weighted by Crippen LogP contribution is -2.19. The highest BCUT2D eigenvalue weighted by Crippen LogP contribution is 1.96. The van der Waals surface area contributed by atoms with E-state index in [1.807, 2.05) is 0 Å². The summed E-state index contributed by atoms with van der Waals surface area (Å²) >= 11 is 0. The summed E-state index contributed by atoms with van der Waals surface area (Å²) in [6.07, 6.45) is 1.55. The van der Waals surface area contributed by atoms with Gasteiger partial charge in [0.05, 0.1) is 0 Å². The maximum Gasteiger partial charge on any atom is 0.376 e. The topological polar surface area (TPSA) is 26.3 Å². The molecule has 0 spiro atoms. The number of hydrogen-bond donors (Lipinski definition) is 0. The summed E-state index contributed by atoms with van der Waals surface area (Å²) in [7, 11) is 1.30. The van der Waals surface area contributed by atoms with Crippen LogP contribution in [-0.2, 0) is 9.45 Å². The van der Waals surface area contributed by atoms with E-state index >= 15 is 0 Å². The molecule has 0 N–H and O–H groups in total. The molecule has 0 unspecified atom stereocenters. The van der Waals surface area contributed by atoms with Gasteiger partial charge in [0.2, 0.25) is 0 Å². The normalized spacial score (nSPS) is 21.4. The van der Waals surface area contributed by atoms with Crippen molar-refractivity contribution in [2.75, 3.05) is 6.61 Å². The van der Waals surface area contributed by atoms with E-state index in [-0.39, 0.29) is 5.68 Å². The van der Waals surface area contributed by atoms with E-state index in [2.05, 4.69) is 0 Å². The third-order valence-corrected chi connectivity index (χ3v) is 0.900. The molecule has 0 aromatic rings. The van der Waals surface area contributed by atoms with Gasteiger partial charge in [-0.2, -0.15) is 0 Å². The molecule has 0 saturated carbocycles. The highest BCUT2D eigenvalue weighted by Gasteiger charge is 2.09. The van der Waals surface area contributed by atoms with Crippen molar-refractivity contribution >= 4 is 13.2 Å². The number of hydrogen-bond acceptors (Lipinski definition) is 2. The maximum atomic E-state index is 10.3. The molecular weight excluding hydrogens is 90.9 g/mol. The highest BCUT2D eigenvalue weighted by atomic mass is 16.4. The second-order valence-electron chi connectivity index (χ2n) is 1.56. The Morgan fingerprint density at radius 2 is 2.57 bits per heavy atom. The van der Waals surface area contributed by atoms with Gasteiger partial charge in [-0.1, -0.05) is 0 Å². The monoisotopic (exact) mass is 97.0 g/mol. The van der Waals surface area contributed by atoms with Crippen LogP contribution >= 0.6 is 0 Å². The van der Waals surface area contributed by atoms with E-state index in [1.165, 1.54) is 7.48 Å². The van der Waals surface area contributed by atoms with Gasteiger partial charge in [0.25, 0.3) is 0 Å². The Hall–Kier alpha value is -0.305. The van der Waals surface area contributed by atoms with Gasteiger partial charge in [-0.3, -0.25) is 0 Å².